The van der Waals surface area contributed by atoms with Gasteiger partial charge in [0.1, 0.15) is 0 Å². The molecule has 0 bridgehead atoms. The Morgan fingerprint density at radius 1 is 1.38 bits per heavy atom. The molecule has 1 fully saturated rings. The summed E-state index contributed by atoms with van der Waals surface area (Å²) in [7, 11) is 0. The Bertz CT molecular complexity index is 795. The number of benzene rings is 1. The summed E-state index contributed by atoms with van der Waals surface area (Å²) in [6.45, 7) is 2.04. The Morgan fingerprint density at radius 2 is 2.24 bits per heavy atom. The third-order valence-electron chi connectivity index (χ3n) is 3.46. The van der Waals surface area contributed by atoms with Crippen LogP contribution in [-0.2, 0) is 0 Å². The van der Waals surface area contributed by atoms with Gasteiger partial charge in [0.25, 0.3) is 0 Å². The number of aromatic amines is 1. The van der Waals surface area contributed by atoms with Crippen molar-refractivity contribution in [3.05, 3.63) is 34.9 Å². The average molecular weight is 321 g/mol. The minimum Gasteiger partial charge on any atom is -0.338 e. The van der Waals surface area contributed by atoms with E-state index in [9.17, 15) is 0 Å². The maximum absolute atomic E-state index is 5.98. The van der Waals surface area contributed by atoms with Crippen molar-refractivity contribution in [2.45, 2.75) is 36.1 Å². The van der Waals surface area contributed by atoms with Crippen LogP contribution in [0.1, 0.15) is 42.6 Å². The van der Waals surface area contributed by atoms with Gasteiger partial charge >= 0.3 is 0 Å². The van der Waals surface area contributed by atoms with Crippen LogP contribution in [0.15, 0.2) is 27.9 Å². The van der Waals surface area contributed by atoms with E-state index in [1.165, 1.54) is 12.8 Å². The van der Waals surface area contributed by atoms with E-state index >= 15 is 0 Å². The molecule has 0 radical (unpaired) electrons. The van der Waals surface area contributed by atoms with E-state index in [2.05, 4.69) is 20.1 Å². The third kappa shape index (κ3) is 2.65. The number of imidazole rings is 1. The smallest absolute Gasteiger partial charge is 0.239 e. The van der Waals surface area contributed by atoms with Gasteiger partial charge in [0.05, 0.1) is 16.3 Å². The molecule has 1 unspecified atom stereocenters. The minimum atomic E-state index is 0.0565. The molecule has 0 aliphatic heterocycles. The van der Waals surface area contributed by atoms with Gasteiger partial charge in [0.15, 0.2) is 11.0 Å². The van der Waals surface area contributed by atoms with Crippen LogP contribution in [0.25, 0.3) is 11.0 Å². The molecule has 0 spiro atoms. The lowest BCUT2D eigenvalue weighted by molar-refractivity contribution is 0.375. The van der Waals surface area contributed by atoms with Crippen molar-refractivity contribution in [3.63, 3.8) is 0 Å². The van der Waals surface area contributed by atoms with E-state index in [4.69, 9.17) is 16.1 Å². The van der Waals surface area contributed by atoms with Crippen LogP contribution in [0, 0.1) is 0 Å². The summed E-state index contributed by atoms with van der Waals surface area (Å²) in [6.07, 6.45) is 2.34. The maximum atomic E-state index is 5.98. The van der Waals surface area contributed by atoms with Crippen molar-refractivity contribution in [2.75, 3.05) is 0 Å². The normalized spacial score (nSPS) is 16.5. The summed E-state index contributed by atoms with van der Waals surface area (Å²) in [6, 6.07) is 5.61. The lowest BCUT2D eigenvalue weighted by Gasteiger charge is -2.02. The second-order valence-corrected chi connectivity index (χ2v) is 6.99. The molecule has 1 aliphatic rings. The van der Waals surface area contributed by atoms with E-state index in [0.29, 0.717) is 16.8 Å². The molecule has 1 aliphatic carbocycles. The van der Waals surface area contributed by atoms with E-state index in [1.807, 2.05) is 25.1 Å². The number of H-pyrrole nitrogens is 1. The van der Waals surface area contributed by atoms with Gasteiger partial charge in [-0.3, -0.25) is 0 Å². The van der Waals surface area contributed by atoms with Gasteiger partial charge in [-0.2, -0.15) is 4.98 Å². The lowest BCUT2D eigenvalue weighted by atomic mass is 10.3. The standard InChI is InChI=1S/C14H13ClN4OS/c1-7(13-18-12(19-20-13)8-2-3-8)21-14-16-10-5-4-9(15)6-11(10)17-14/h4-8H,2-3H2,1H3,(H,16,17). The number of hydrogen-bond acceptors (Lipinski definition) is 5. The summed E-state index contributed by atoms with van der Waals surface area (Å²) >= 11 is 7.55. The number of aromatic nitrogens is 4. The van der Waals surface area contributed by atoms with E-state index < -0.39 is 0 Å². The Kier molecular flexibility index (Phi) is 3.15. The molecule has 1 saturated carbocycles. The molecule has 2 aromatic heterocycles. The number of fused-ring (bicyclic) bond motifs is 1. The van der Waals surface area contributed by atoms with Gasteiger partial charge in [0, 0.05) is 10.9 Å². The fourth-order valence-corrected chi connectivity index (χ4v) is 3.18. The number of hydrogen-bond donors (Lipinski definition) is 1. The first-order valence-corrected chi connectivity index (χ1v) is 8.10. The quantitative estimate of drug-likeness (QED) is 0.725. The summed E-state index contributed by atoms with van der Waals surface area (Å²) in [4.78, 5) is 12.3. The zero-order chi connectivity index (χ0) is 14.4. The van der Waals surface area contributed by atoms with Gasteiger partial charge in [-0.25, -0.2) is 4.98 Å². The first-order valence-electron chi connectivity index (χ1n) is 6.84. The van der Waals surface area contributed by atoms with Crippen LogP contribution < -0.4 is 0 Å². The predicted octanol–water partition coefficient (Wildman–Crippen LogP) is 4.33. The Balaban J connectivity index is 1.54. The zero-order valence-electron chi connectivity index (χ0n) is 11.3. The fraction of sp³-hybridized carbons (Fsp3) is 0.357. The van der Waals surface area contributed by atoms with Gasteiger partial charge < -0.3 is 9.51 Å². The van der Waals surface area contributed by atoms with Crippen LogP contribution in [-0.4, -0.2) is 20.1 Å². The zero-order valence-corrected chi connectivity index (χ0v) is 12.9. The molecule has 0 saturated heterocycles. The van der Waals surface area contributed by atoms with E-state index in [-0.39, 0.29) is 5.25 Å². The summed E-state index contributed by atoms with van der Waals surface area (Å²) in [5.74, 6) is 2.00. The molecule has 0 amide bonds. The summed E-state index contributed by atoms with van der Waals surface area (Å²) < 4.78 is 5.35. The molecule has 1 N–H and O–H groups in total. The second kappa shape index (κ2) is 5.03. The van der Waals surface area contributed by atoms with Gasteiger partial charge in [-0.15, -0.1) is 0 Å². The molecule has 21 heavy (non-hydrogen) atoms. The highest BCUT2D eigenvalue weighted by Gasteiger charge is 2.29. The minimum absolute atomic E-state index is 0.0565. The fourth-order valence-electron chi connectivity index (χ4n) is 2.15. The van der Waals surface area contributed by atoms with Crippen LogP contribution in [0.5, 0.6) is 0 Å². The molecule has 4 rings (SSSR count). The molecule has 5 nitrogen and oxygen atoms in total. The van der Waals surface area contributed by atoms with Crippen LogP contribution >= 0.6 is 23.4 Å². The van der Waals surface area contributed by atoms with Gasteiger partial charge in [-0.05, 0) is 38.0 Å². The van der Waals surface area contributed by atoms with E-state index in [1.54, 1.807) is 11.8 Å². The van der Waals surface area contributed by atoms with Crippen LogP contribution in [0.3, 0.4) is 0 Å². The van der Waals surface area contributed by atoms with Crippen molar-refractivity contribution in [3.8, 4) is 0 Å². The number of nitrogens with zero attached hydrogens (tertiary/aromatic N) is 3. The van der Waals surface area contributed by atoms with E-state index in [0.717, 1.165) is 22.0 Å². The summed E-state index contributed by atoms with van der Waals surface area (Å²) in [5.41, 5.74) is 1.83. The van der Waals surface area contributed by atoms with Crippen molar-refractivity contribution >= 4 is 34.4 Å². The number of halogens is 1. The Labute approximate surface area is 130 Å². The number of thioether (sulfide) groups is 1. The Morgan fingerprint density at radius 3 is 3.05 bits per heavy atom. The summed E-state index contributed by atoms with van der Waals surface area (Å²) in [5, 5.41) is 5.63. The second-order valence-electron chi connectivity index (χ2n) is 5.23. The highest BCUT2D eigenvalue weighted by molar-refractivity contribution is 7.99. The lowest BCUT2D eigenvalue weighted by Crippen LogP contribution is -1.90. The number of nitrogens with one attached hydrogen (secondary N) is 1. The molecular formula is C14H13ClN4OS. The van der Waals surface area contributed by atoms with Crippen LogP contribution in [0.2, 0.25) is 5.02 Å². The molecule has 1 aromatic carbocycles. The van der Waals surface area contributed by atoms with Crippen molar-refractivity contribution in [1.29, 1.82) is 0 Å². The molecule has 7 heteroatoms. The Hall–Kier alpha value is -1.53. The van der Waals surface area contributed by atoms with Gasteiger partial charge in [-0.1, -0.05) is 28.5 Å². The molecular weight excluding hydrogens is 308 g/mol. The number of rotatable bonds is 4. The SMILES string of the molecule is CC(Sc1nc2ccc(Cl)cc2[nH]1)c1nc(C2CC2)no1. The molecule has 3 aromatic rings. The predicted molar refractivity (Wildman–Crippen MR) is 81.6 cm³/mol. The first-order chi connectivity index (χ1) is 10.2. The first kappa shape index (κ1) is 13.2. The monoisotopic (exact) mass is 320 g/mol. The van der Waals surface area contributed by atoms with Crippen LogP contribution in [0.4, 0.5) is 0 Å². The van der Waals surface area contributed by atoms with Crippen molar-refractivity contribution < 1.29 is 4.52 Å². The molecule has 1 atom stereocenters. The molecule has 108 valence electrons. The highest BCUT2D eigenvalue weighted by Crippen LogP contribution is 2.40. The molecule has 2 heterocycles. The van der Waals surface area contributed by atoms with Crippen molar-refractivity contribution in [1.82, 2.24) is 20.1 Å². The highest BCUT2D eigenvalue weighted by atomic mass is 35.5. The maximum Gasteiger partial charge on any atom is 0.239 e. The topological polar surface area (TPSA) is 67.6 Å². The van der Waals surface area contributed by atoms with Gasteiger partial charge in [0.2, 0.25) is 5.89 Å². The third-order valence-corrected chi connectivity index (χ3v) is 4.67. The largest absolute Gasteiger partial charge is 0.338 e. The van der Waals surface area contributed by atoms with Crippen molar-refractivity contribution in [2.24, 2.45) is 0 Å². The average Bonchev–Trinajstić information content (AvgIpc) is 3.05.